The number of ether oxygens (including phenoxy) is 2. The molecule has 174 valence electrons. The van der Waals surface area contributed by atoms with Crippen LogP contribution in [0, 0.1) is 0 Å². The molecule has 0 unspecified atom stereocenters. The van der Waals surface area contributed by atoms with Gasteiger partial charge in [-0.15, -0.1) is 0 Å². The molecule has 0 aromatic heterocycles. The van der Waals surface area contributed by atoms with E-state index in [1.807, 2.05) is 0 Å². The van der Waals surface area contributed by atoms with E-state index in [4.69, 9.17) is 31.3 Å². The third kappa shape index (κ3) is 39.3. The first-order valence-electron chi connectivity index (χ1n) is 9.28. The number of carbonyl (C=O) groups is 3. The highest BCUT2D eigenvalue weighted by Crippen LogP contribution is 1.99. The van der Waals surface area contributed by atoms with Gasteiger partial charge >= 0.3 is 11.9 Å². The van der Waals surface area contributed by atoms with Crippen LogP contribution in [0.25, 0.3) is 0 Å². The molecule has 0 saturated carbocycles. The largest absolute Gasteiger partial charge is 0.466 e. The first-order valence-corrected chi connectivity index (χ1v) is 13.0. The van der Waals surface area contributed by atoms with E-state index >= 15 is 0 Å². The first kappa shape index (κ1) is 33.9. The fourth-order valence-electron chi connectivity index (χ4n) is 1.27. The minimum absolute atomic E-state index is 0.0938. The van der Waals surface area contributed by atoms with Crippen LogP contribution in [0.3, 0.4) is 0 Å². The molecule has 11 heteroatoms. The summed E-state index contributed by atoms with van der Waals surface area (Å²) in [5, 5.41) is 18.0. The Bertz CT molecular complexity index is 364. The third-order valence-corrected chi connectivity index (χ3v) is 4.54. The van der Waals surface area contributed by atoms with Gasteiger partial charge in [-0.1, -0.05) is 47.8 Å². The lowest BCUT2D eigenvalue weighted by Gasteiger charge is -2.05. The normalized spacial score (nSPS) is 9.45. The molecule has 0 fully saturated rings. The summed E-state index contributed by atoms with van der Waals surface area (Å²) in [5.41, 5.74) is 0. The van der Waals surface area contributed by atoms with Crippen LogP contribution in [0.1, 0.15) is 51.4 Å². The van der Waals surface area contributed by atoms with Gasteiger partial charge in [0.15, 0.2) is 0 Å². The van der Waals surface area contributed by atoms with Crippen molar-refractivity contribution in [3.8, 4) is 0 Å². The summed E-state index contributed by atoms with van der Waals surface area (Å²) in [6, 6.07) is 0. The zero-order valence-corrected chi connectivity index (χ0v) is 22.1. The molecule has 0 aliphatic carbocycles. The van der Waals surface area contributed by atoms with Crippen LogP contribution >= 0.6 is 59.4 Å². The van der Waals surface area contributed by atoms with E-state index in [0.29, 0.717) is 45.3 Å². The Morgan fingerprint density at radius 3 is 1.28 bits per heavy atom. The Labute approximate surface area is 203 Å². The lowest BCUT2D eigenvalue weighted by Crippen LogP contribution is -2.10. The molecule has 29 heavy (non-hydrogen) atoms. The van der Waals surface area contributed by atoms with Gasteiger partial charge in [0.25, 0.3) is 0 Å². The summed E-state index contributed by atoms with van der Waals surface area (Å²) in [5.74, 6) is -0.398. The van der Waals surface area contributed by atoms with E-state index in [9.17, 15) is 14.4 Å². The topological polar surface area (TPSA) is 110 Å². The Balaban J connectivity index is -0.000000461. The summed E-state index contributed by atoms with van der Waals surface area (Å²) in [6.07, 6.45) is 4.78. The van der Waals surface area contributed by atoms with Crippen LogP contribution in [-0.2, 0) is 23.9 Å². The van der Waals surface area contributed by atoms with Crippen LogP contribution < -0.4 is 0 Å². The van der Waals surface area contributed by atoms with Crippen LogP contribution in [0.5, 0.6) is 0 Å². The Hall–Kier alpha value is 0.260. The quantitative estimate of drug-likeness (QED) is 0.121. The molecule has 0 aliphatic heterocycles. The molecular formula is C18H32Br3ClO7. The number of halogens is 4. The van der Waals surface area contributed by atoms with Crippen molar-refractivity contribution < 1.29 is 34.1 Å². The number of carbonyl (C=O) groups excluding carboxylic acids is 3. The predicted octanol–water partition coefficient (Wildman–Crippen LogP) is 4.10. The van der Waals surface area contributed by atoms with E-state index in [-0.39, 0.29) is 30.4 Å². The second kappa shape index (κ2) is 30.5. The highest BCUT2D eigenvalue weighted by Gasteiger charge is 2.03. The Morgan fingerprint density at radius 1 is 0.655 bits per heavy atom. The minimum Gasteiger partial charge on any atom is -0.466 e. The SMILES string of the molecule is O=C(CCCBr)OCCCOC(=O)CCCBr.O=C(Cl)CCCBr.OCCCO. The Morgan fingerprint density at radius 2 is 1.03 bits per heavy atom. The van der Waals surface area contributed by atoms with Gasteiger partial charge in [-0.3, -0.25) is 14.4 Å². The molecule has 2 N–H and O–H groups in total. The molecule has 0 aliphatic rings. The standard InChI is InChI=1S/C11H18Br2O4.C4H6BrClO.C3H8O2/c12-6-1-4-10(14)16-8-3-9-17-11(15)5-2-7-13;5-3-1-2-4(6)7;4-2-1-3-5/h1-9H2;1-3H2;4-5H,1-3H2. The zero-order chi connectivity index (χ0) is 22.8. The molecule has 0 aromatic rings. The predicted molar refractivity (Wildman–Crippen MR) is 125 cm³/mol. The fourth-order valence-corrected chi connectivity index (χ4v) is 2.25. The number of alkyl halides is 3. The van der Waals surface area contributed by atoms with E-state index in [0.717, 1.165) is 35.3 Å². The molecule has 0 spiro atoms. The second-order valence-corrected chi connectivity index (χ2v) is 8.13. The van der Waals surface area contributed by atoms with Gasteiger partial charge in [0.1, 0.15) is 0 Å². The summed E-state index contributed by atoms with van der Waals surface area (Å²) in [7, 11) is 0. The number of aliphatic hydroxyl groups excluding tert-OH is 2. The highest BCUT2D eigenvalue weighted by atomic mass is 79.9. The van der Waals surface area contributed by atoms with Gasteiger partial charge in [0.2, 0.25) is 5.24 Å². The van der Waals surface area contributed by atoms with Gasteiger partial charge in [0, 0.05) is 54.9 Å². The van der Waals surface area contributed by atoms with E-state index in [1.165, 1.54) is 0 Å². The lowest BCUT2D eigenvalue weighted by molar-refractivity contribution is -0.146. The molecule has 0 radical (unpaired) electrons. The maximum absolute atomic E-state index is 11.1. The zero-order valence-electron chi connectivity index (χ0n) is 16.6. The third-order valence-electron chi connectivity index (χ3n) is 2.67. The minimum atomic E-state index is -0.251. The maximum atomic E-state index is 11.1. The van der Waals surface area contributed by atoms with Gasteiger partial charge < -0.3 is 19.7 Å². The number of esters is 2. The second-order valence-electron chi connectivity index (χ2n) is 5.33. The van der Waals surface area contributed by atoms with E-state index < -0.39 is 0 Å². The molecule has 0 atom stereocenters. The molecule has 0 amide bonds. The van der Waals surface area contributed by atoms with E-state index in [2.05, 4.69) is 47.8 Å². The van der Waals surface area contributed by atoms with Crippen LogP contribution in [0.15, 0.2) is 0 Å². The van der Waals surface area contributed by atoms with Gasteiger partial charge in [0.05, 0.1) is 13.2 Å². The van der Waals surface area contributed by atoms with Crippen LogP contribution in [0.4, 0.5) is 0 Å². The van der Waals surface area contributed by atoms with Crippen molar-refractivity contribution in [1.29, 1.82) is 0 Å². The summed E-state index contributed by atoms with van der Waals surface area (Å²) >= 11 is 14.6. The van der Waals surface area contributed by atoms with E-state index in [1.54, 1.807) is 0 Å². The average Bonchev–Trinajstić information content (AvgIpc) is 2.70. The van der Waals surface area contributed by atoms with Crippen molar-refractivity contribution in [2.75, 3.05) is 42.4 Å². The number of aliphatic hydroxyl groups is 2. The van der Waals surface area contributed by atoms with Crippen molar-refractivity contribution in [3.05, 3.63) is 0 Å². The average molecular weight is 636 g/mol. The Kier molecular flexibility index (Phi) is 35.6. The summed E-state index contributed by atoms with van der Waals surface area (Å²) in [6.45, 7) is 0.812. The van der Waals surface area contributed by atoms with Gasteiger partial charge in [-0.25, -0.2) is 0 Å². The molecule has 0 aromatic carbocycles. The summed E-state index contributed by atoms with van der Waals surface area (Å²) < 4.78 is 9.90. The molecule has 0 heterocycles. The first-order chi connectivity index (χ1) is 13.9. The molecule has 0 rings (SSSR count). The van der Waals surface area contributed by atoms with Crippen molar-refractivity contribution in [2.24, 2.45) is 0 Å². The number of hydrogen-bond acceptors (Lipinski definition) is 7. The monoisotopic (exact) mass is 632 g/mol. The van der Waals surface area contributed by atoms with Crippen molar-refractivity contribution in [2.45, 2.75) is 51.4 Å². The van der Waals surface area contributed by atoms with Crippen molar-refractivity contribution in [1.82, 2.24) is 0 Å². The molecule has 7 nitrogen and oxygen atoms in total. The molecule has 0 saturated heterocycles. The summed E-state index contributed by atoms with van der Waals surface area (Å²) in [4.78, 5) is 32.1. The maximum Gasteiger partial charge on any atom is 0.305 e. The van der Waals surface area contributed by atoms with Gasteiger partial charge in [-0.2, -0.15) is 0 Å². The van der Waals surface area contributed by atoms with Crippen molar-refractivity contribution in [3.63, 3.8) is 0 Å². The van der Waals surface area contributed by atoms with Crippen LogP contribution in [0.2, 0.25) is 0 Å². The van der Waals surface area contributed by atoms with Gasteiger partial charge in [-0.05, 0) is 37.3 Å². The number of hydrogen-bond donors (Lipinski definition) is 2. The molecule has 0 bridgehead atoms. The molecular weight excluding hydrogens is 603 g/mol. The lowest BCUT2D eigenvalue weighted by atomic mass is 10.3. The number of rotatable bonds is 15. The van der Waals surface area contributed by atoms with Crippen LogP contribution in [-0.4, -0.2) is 69.8 Å². The fraction of sp³-hybridized carbons (Fsp3) is 0.833. The smallest absolute Gasteiger partial charge is 0.305 e. The highest BCUT2D eigenvalue weighted by molar-refractivity contribution is 9.09. The van der Waals surface area contributed by atoms with Crippen molar-refractivity contribution >= 4 is 76.6 Å².